The van der Waals surface area contributed by atoms with Crippen molar-refractivity contribution < 1.29 is 18.3 Å². The third-order valence-electron chi connectivity index (χ3n) is 4.05. The summed E-state index contributed by atoms with van der Waals surface area (Å²) in [6.45, 7) is 2.16. The SMILES string of the molecule is O=C(COc1ccc(F)cc1F)N1CCN(c2cccc(Cl)c2)CC1. The first-order chi connectivity index (χ1) is 12.0. The van der Waals surface area contributed by atoms with Gasteiger partial charge in [0.05, 0.1) is 0 Å². The molecule has 1 amide bonds. The second kappa shape index (κ2) is 7.70. The van der Waals surface area contributed by atoms with Crippen molar-refractivity contribution in [3.8, 4) is 5.75 Å². The van der Waals surface area contributed by atoms with Gasteiger partial charge in [-0.15, -0.1) is 0 Å². The largest absolute Gasteiger partial charge is 0.481 e. The van der Waals surface area contributed by atoms with Crippen LogP contribution >= 0.6 is 11.6 Å². The number of carbonyl (C=O) groups excluding carboxylic acids is 1. The van der Waals surface area contributed by atoms with E-state index in [0.717, 1.165) is 17.8 Å². The second-order valence-corrected chi connectivity index (χ2v) is 6.15. The Hall–Kier alpha value is -2.34. The van der Waals surface area contributed by atoms with E-state index < -0.39 is 11.6 Å². The van der Waals surface area contributed by atoms with Crippen LogP contribution in [-0.4, -0.2) is 43.6 Å². The highest BCUT2D eigenvalue weighted by Crippen LogP contribution is 2.21. The summed E-state index contributed by atoms with van der Waals surface area (Å²) < 4.78 is 31.5. The molecule has 3 rings (SSSR count). The fraction of sp³-hybridized carbons (Fsp3) is 0.278. The van der Waals surface area contributed by atoms with Gasteiger partial charge in [-0.1, -0.05) is 17.7 Å². The average molecular weight is 367 g/mol. The molecule has 0 spiro atoms. The number of ether oxygens (including phenoxy) is 1. The van der Waals surface area contributed by atoms with Gasteiger partial charge in [0.15, 0.2) is 18.2 Å². The Bertz CT molecular complexity index is 764. The van der Waals surface area contributed by atoms with Crippen molar-refractivity contribution in [1.82, 2.24) is 4.90 Å². The number of halogens is 3. The molecule has 0 N–H and O–H groups in total. The maximum absolute atomic E-state index is 13.5. The van der Waals surface area contributed by atoms with E-state index in [2.05, 4.69) is 4.90 Å². The molecular formula is C18H17ClF2N2O2. The summed E-state index contributed by atoms with van der Waals surface area (Å²) in [7, 11) is 0. The zero-order valence-electron chi connectivity index (χ0n) is 13.4. The van der Waals surface area contributed by atoms with Crippen molar-refractivity contribution in [3.05, 3.63) is 59.1 Å². The first-order valence-electron chi connectivity index (χ1n) is 7.89. The van der Waals surface area contributed by atoms with Crippen molar-refractivity contribution >= 4 is 23.2 Å². The summed E-state index contributed by atoms with van der Waals surface area (Å²) in [5.74, 6) is -1.87. The molecule has 0 aromatic heterocycles. The average Bonchev–Trinajstić information content (AvgIpc) is 2.61. The molecule has 1 saturated heterocycles. The number of hydrogen-bond donors (Lipinski definition) is 0. The molecule has 4 nitrogen and oxygen atoms in total. The predicted molar refractivity (Wildman–Crippen MR) is 92.1 cm³/mol. The van der Waals surface area contributed by atoms with Crippen LogP contribution in [0.1, 0.15) is 0 Å². The van der Waals surface area contributed by atoms with Crippen molar-refractivity contribution in [2.24, 2.45) is 0 Å². The summed E-state index contributed by atoms with van der Waals surface area (Å²) >= 11 is 6.00. The van der Waals surface area contributed by atoms with Gasteiger partial charge in [0.25, 0.3) is 5.91 Å². The molecule has 0 unspecified atom stereocenters. The standard InChI is InChI=1S/C18H17ClF2N2O2/c19-13-2-1-3-15(10-13)22-6-8-23(9-7-22)18(24)12-25-17-5-4-14(20)11-16(17)21/h1-5,10-11H,6-9,12H2. The maximum Gasteiger partial charge on any atom is 0.260 e. The first kappa shape index (κ1) is 17.5. The number of anilines is 1. The van der Waals surface area contributed by atoms with Crippen molar-refractivity contribution in [2.45, 2.75) is 0 Å². The number of rotatable bonds is 4. The highest BCUT2D eigenvalue weighted by atomic mass is 35.5. The Balaban J connectivity index is 1.51. The van der Waals surface area contributed by atoms with Crippen molar-refractivity contribution in [3.63, 3.8) is 0 Å². The minimum absolute atomic E-state index is 0.132. The van der Waals surface area contributed by atoms with E-state index in [1.54, 1.807) is 4.90 Å². The van der Waals surface area contributed by atoms with Crippen LogP contribution in [0.3, 0.4) is 0 Å². The fourth-order valence-corrected chi connectivity index (χ4v) is 2.89. The second-order valence-electron chi connectivity index (χ2n) is 5.71. The number of carbonyl (C=O) groups is 1. The lowest BCUT2D eigenvalue weighted by atomic mass is 10.2. The fourth-order valence-electron chi connectivity index (χ4n) is 2.71. The lowest BCUT2D eigenvalue weighted by Crippen LogP contribution is -2.50. The quantitative estimate of drug-likeness (QED) is 0.832. The third-order valence-corrected chi connectivity index (χ3v) is 4.29. The van der Waals surface area contributed by atoms with Crippen molar-refractivity contribution in [2.75, 3.05) is 37.7 Å². The van der Waals surface area contributed by atoms with Gasteiger partial charge in [0, 0.05) is 43.0 Å². The van der Waals surface area contributed by atoms with E-state index in [4.69, 9.17) is 16.3 Å². The lowest BCUT2D eigenvalue weighted by Gasteiger charge is -2.36. The number of hydrogen-bond acceptors (Lipinski definition) is 3. The Kier molecular flexibility index (Phi) is 5.38. The van der Waals surface area contributed by atoms with Crippen LogP contribution in [0.2, 0.25) is 5.02 Å². The molecule has 25 heavy (non-hydrogen) atoms. The number of piperazine rings is 1. The lowest BCUT2D eigenvalue weighted by molar-refractivity contribution is -0.133. The van der Waals surface area contributed by atoms with Gasteiger partial charge in [0.1, 0.15) is 5.82 Å². The van der Waals surface area contributed by atoms with Gasteiger partial charge >= 0.3 is 0 Å². The molecule has 0 bridgehead atoms. The van der Waals surface area contributed by atoms with Crippen LogP contribution in [0.5, 0.6) is 5.75 Å². The van der Waals surface area contributed by atoms with Crippen molar-refractivity contribution in [1.29, 1.82) is 0 Å². The summed E-state index contributed by atoms with van der Waals surface area (Å²) in [6.07, 6.45) is 0. The molecule has 0 saturated carbocycles. The number of amides is 1. The van der Waals surface area contributed by atoms with E-state index in [1.807, 2.05) is 24.3 Å². The summed E-state index contributed by atoms with van der Waals surface area (Å²) in [5, 5.41) is 0.672. The highest BCUT2D eigenvalue weighted by Gasteiger charge is 2.22. The van der Waals surface area contributed by atoms with E-state index in [-0.39, 0.29) is 18.3 Å². The molecule has 0 aliphatic carbocycles. The normalized spacial score (nSPS) is 14.5. The molecule has 132 valence electrons. The molecule has 1 fully saturated rings. The van der Waals surface area contributed by atoms with Crippen LogP contribution < -0.4 is 9.64 Å². The zero-order valence-corrected chi connectivity index (χ0v) is 14.2. The van der Waals surface area contributed by atoms with Crippen LogP contribution in [0, 0.1) is 11.6 Å². The Morgan fingerprint density at radius 3 is 2.52 bits per heavy atom. The highest BCUT2D eigenvalue weighted by molar-refractivity contribution is 6.30. The van der Waals surface area contributed by atoms with Gasteiger partial charge in [-0.3, -0.25) is 4.79 Å². The molecule has 2 aromatic rings. The van der Waals surface area contributed by atoms with Gasteiger partial charge in [-0.25, -0.2) is 8.78 Å². The number of nitrogens with zero attached hydrogens (tertiary/aromatic N) is 2. The third kappa shape index (κ3) is 4.39. The predicted octanol–water partition coefficient (Wildman–Crippen LogP) is 3.35. The van der Waals surface area contributed by atoms with E-state index >= 15 is 0 Å². The minimum Gasteiger partial charge on any atom is -0.481 e. The van der Waals surface area contributed by atoms with E-state index in [9.17, 15) is 13.6 Å². The summed E-state index contributed by atoms with van der Waals surface area (Å²) in [4.78, 5) is 16.0. The van der Waals surface area contributed by atoms with Gasteiger partial charge in [-0.2, -0.15) is 0 Å². The molecule has 1 heterocycles. The van der Waals surface area contributed by atoms with Crippen LogP contribution in [0.4, 0.5) is 14.5 Å². The van der Waals surface area contributed by atoms with E-state index in [0.29, 0.717) is 31.2 Å². The Morgan fingerprint density at radius 1 is 1.08 bits per heavy atom. The molecule has 0 atom stereocenters. The number of benzene rings is 2. The van der Waals surface area contributed by atoms with Gasteiger partial charge in [-0.05, 0) is 30.3 Å². The summed E-state index contributed by atoms with van der Waals surface area (Å²) in [6, 6.07) is 10.6. The van der Waals surface area contributed by atoms with Crippen LogP contribution in [-0.2, 0) is 4.79 Å². The molecular weight excluding hydrogens is 350 g/mol. The maximum atomic E-state index is 13.5. The van der Waals surface area contributed by atoms with Crippen LogP contribution in [0.25, 0.3) is 0 Å². The molecule has 7 heteroatoms. The van der Waals surface area contributed by atoms with Gasteiger partial charge in [0.2, 0.25) is 0 Å². The zero-order chi connectivity index (χ0) is 17.8. The summed E-state index contributed by atoms with van der Waals surface area (Å²) in [5.41, 5.74) is 1.02. The first-order valence-corrected chi connectivity index (χ1v) is 8.27. The molecule has 1 aliphatic heterocycles. The molecule has 0 radical (unpaired) electrons. The van der Waals surface area contributed by atoms with Crippen LogP contribution in [0.15, 0.2) is 42.5 Å². The Morgan fingerprint density at radius 2 is 1.84 bits per heavy atom. The smallest absolute Gasteiger partial charge is 0.260 e. The van der Waals surface area contributed by atoms with Gasteiger partial charge < -0.3 is 14.5 Å². The van der Waals surface area contributed by atoms with E-state index in [1.165, 1.54) is 6.07 Å². The monoisotopic (exact) mass is 366 g/mol. The Labute approximate surface area is 149 Å². The molecule has 1 aliphatic rings. The molecule has 2 aromatic carbocycles. The topological polar surface area (TPSA) is 32.8 Å². The minimum atomic E-state index is -0.821.